The normalized spacial score (nSPS) is 18.8. The zero-order chi connectivity index (χ0) is 14.6. The van der Waals surface area contributed by atoms with E-state index in [1.807, 2.05) is 0 Å². The van der Waals surface area contributed by atoms with Crippen molar-refractivity contribution < 1.29 is 27.5 Å². The number of hydrogen-bond acceptors (Lipinski definition) is 5. The fourth-order valence-electron chi connectivity index (χ4n) is 1.59. The molecule has 6 nitrogen and oxygen atoms in total. The Kier molecular flexibility index (Phi) is 5.12. The molecule has 1 amide bonds. The molecule has 0 radical (unpaired) electrons. The van der Waals surface area contributed by atoms with Crippen molar-refractivity contribution >= 4 is 11.9 Å². The maximum atomic E-state index is 12.2. The van der Waals surface area contributed by atoms with E-state index >= 15 is 0 Å². The molecule has 1 heterocycles. The molecule has 9 heteroatoms. The number of halogens is 3. The van der Waals surface area contributed by atoms with Gasteiger partial charge in [0.05, 0.1) is 0 Å². The van der Waals surface area contributed by atoms with Gasteiger partial charge in [0.25, 0.3) is 5.91 Å². The Morgan fingerprint density at radius 2 is 1.79 bits per heavy atom. The monoisotopic (exact) mass is 283 g/mol. The maximum Gasteiger partial charge on any atom is 0.490 e. The van der Waals surface area contributed by atoms with E-state index in [0.29, 0.717) is 26.2 Å². The van der Waals surface area contributed by atoms with Crippen LogP contribution in [0.4, 0.5) is 13.2 Å². The summed E-state index contributed by atoms with van der Waals surface area (Å²) >= 11 is 0. The highest BCUT2D eigenvalue weighted by Crippen LogP contribution is 2.19. The fraction of sp³-hybridized carbons (Fsp3) is 0.800. The van der Waals surface area contributed by atoms with Crippen molar-refractivity contribution in [2.45, 2.75) is 12.4 Å². The van der Waals surface area contributed by atoms with Crippen molar-refractivity contribution in [3.63, 3.8) is 0 Å². The Morgan fingerprint density at radius 3 is 2.21 bits per heavy atom. The highest BCUT2D eigenvalue weighted by molar-refractivity contribution is 5.84. The quantitative estimate of drug-likeness (QED) is 0.702. The minimum Gasteiger partial charge on any atom is -0.430 e. The van der Waals surface area contributed by atoms with Crippen molar-refractivity contribution in [3.8, 4) is 0 Å². The number of likely N-dealkylation sites (N-methyl/N-ethyl adjacent to an activating group) is 1. The summed E-state index contributed by atoms with van der Waals surface area (Å²) < 4.78 is 41.0. The Bertz CT molecular complexity index is 341. The second-order valence-electron chi connectivity index (χ2n) is 4.27. The number of piperazine rings is 1. The lowest BCUT2D eigenvalue weighted by Crippen LogP contribution is -2.56. The smallest absolute Gasteiger partial charge is 0.430 e. The summed E-state index contributed by atoms with van der Waals surface area (Å²) in [6, 6.07) is 0. The van der Waals surface area contributed by atoms with Crippen LogP contribution in [-0.2, 0) is 14.3 Å². The highest BCUT2D eigenvalue weighted by Gasteiger charge is 2.45. The van der Waals surface area contributed by atoms with Crippen LogP contribution in [0.1, 0.15) is 0 Å². The lowest BCUT2D eigenvalue weighted by atomic mass is 10.3. The maximum absolute atomic E-state index is 12.2. The second-order valence-corrected chi connectivity index (χ2v) is 4.27. The van der Waals surface area contributed by atoms with Crippen molar-refractivity contribution in [1.29, 1.82) is 0 Å². The van der Waals surface area contributed by atoms with E-state index in [0.717, 1.165) is 4.90 Å². The molecule has 0 aromatic carbocycles. The van der Waals surface area contributed by atoms with Gasteiger partial charge in [-0.1, -0.05) is 0 Å². The Hall–Kier alpha value is -1.35. The third kappa shape index (κ3) is 4.35. The van der Waals surface area contributed by atoms with Gasteiger partial charge in [0.2, 0.25) is 6.23 Å². The predicted octanol–water partition coefficient (Wildman–Crippen LogP) is -0.589. The molecular weight excluding hydrogens is 267 g/mol. The molecule has 1 aliphatic heterocycles. The number of carbonyl (C=O) groups excluding carboxylic acids is 2. The molecule has 1 N–H and O–H groups in total. The van der Waals surface area contributed by atoms with Gasteiger partial charge in [-0.2, -0.15) is 13.2 Å². The van der Waals surface area contributed by atoms with E-state index in [2.05, 4.69) is 10.1 Å². The molecule has 0 aromatic heterocycles. The van der Waals surface area contributed by atoms with Gasteiger partial charge in [0.15, 0.2) is 0 Å². The summed E-state index contributed by atoms with van der Waals surface area (Å²) in [6.07, 6.45) is -6.65. The first-order valence-corrected chi connectivity index (χ1v) is 5.67. The van der Waals surface area contributed by atoms with Crippen LogP contribution in [0.5, 0.6) is 0 Å². The first kappa shape index (κ1) is 15.7. The van der Waals surface area contributed by atoms with E-state index < -0.39 is 24.3 Å². The molecule has 1 atom stereocenters. The summed E-state index contributed by atoms with van der Waals surface area (Å²) in [5.74, 6) is -3.05. The van der Waals surface area contributed by atoms with Crippen molar-refractivity contribution in [2.24, 2.45) is 0 Å². The van der Waals surface area contributed by atoms with Crippen molar-refractivity contribution in [3.05, 3.63) is 0 Å². The first-order chi connectivity index (χ1) is 8.73. The number of amides is 1. The summed E-state index contributed by atoms with van der Waals surface area (Å²) in [5.41, 5.74) is 0. The lowest BCUT2D eigenvalue weighted by Gasteiger charge is -2.34. The highest BCUT2D eigenvalue weighted by atomic mass is 19.4. The summed E-state index contributed by atoms with van der Waals surface area (Å²) in [5, 5.41) is 2.99. The predicted molar refractivity (Wildman–Crippen MR) is 59.1 cm³/mol. The van der Waals surface area contributed by atoms with Crippen molar-refractivity contribution in [1.82, 2.24) is 15.1 Å². The number of hydrogen-bond donors (Lipinski definition) is 1. The molecule has 0 bridgehead atoms. The molecule has 110 valence electrons. The number of nitrogens with one attached hydrogen (secondary N) is 1. The number of esters is 1. The standard InChI is InChI=1S/C10H16F3N3O3/c1-15(2)7(17)8(16-5-3-14-4-6-16)19-9(18)10(11,12)13/h8,14H,3-6H2,1-2H3. The van der Waals surface area contributed by atoms with E-state index in [4.69, 9.17) is 0 Å². The molecule has 1 saturated heterocycles. The SMILES string of the molecule is CN(C)C(=O)C(OC(=O)C(F)(F)F)N1CCNCC1. The topological polar surface area (TPSA) is 61.9 Å². The van der Waals surface area contributed by atoms with Gasteiger partial charge in [-0.25, -0.2) is 4.79 Å². The number of carbonyl (C=O) groups is 2. The minimum atomic E-state index is -5.11. The van der Waals surface area contributed by atoms with Crippen LogP contribution < -0.4 is 5.32 Å². The molecule has 0 saturated carbocycles. The Morgan fingerprint density at radius 1 is 1.26 bits per heavy atom. The zero-order valence-corrected chi connectivity index (χ0v) is 10.7. The Balaban J connectivity index is 2.80. The minimum absolute atomic E-state index is 0.329. The number of ether oxygens (including phenoxy) is 1. The van der Waals surface area contributed by atoms with Gasteiger partial charge in [-0.05, 0) is 0 Å². The van der Waals surface area contributed by atoms with E-state index in [1.54, 1.807) is 0 Å². The van der Waals surface area contributed by atoms with E-state index in [1.165, 1.54) is 19.0 Å². The van der Waals surface area contributed by atoms with Crippen LogP contribution in [0.15, 0.2) is 0 Å². The lowest BCUT2D eigenvalue weighted by molar-refractivity contribution is -0.214. The molecule has 1 aliphatic rings. The third-order valence-electron chi connectivity index (χ3n) is 2.59. The largest absolute Gasteiger partial charge is 0.490 e. The molecule has 0 spiro atoms. The number of alkyl halides is 3. The molecule has 19 heavy (non-hydrogen) atoms. The van der Waals surface area contributed by atoms with Gasteiger partial charge in [0, 0.05) is 40.3 Å². The molecule has 1 fully saturated rings. The van der Waals surface area contributed by atoms with E-state index in [9.17, 15) is 22.8 Å². The number of rotatable bonds is 3. The molecule has 0 aliphatic carbocycles. The molecular formula is C10H16F3N3O3. The molecule has 1 rings (SSSR count). The third-order valence-corrected chi connectivity index (χ3v) is 2.59. The van der Waals surface area contributed by atoms with Crippen LogP contribution in [0.25, 0.3) is 0 Å². The van der Waals surface area contributed by atoms with E-state index in [-0.39, 0.29) is 0 Å². The van der Waals surface area contributed by atoms with Crippen LogP contribution in [0.2, 0.25) is 0 Å². The van der Waals surface area contributed by atoms with Crippen molar-refractivity contribution in [2.75, 3.05) is 40.3 Å². The summed E-state index contributed by atoms with van der Waals surface area (Å²) in [7, 11) is 2.78. The van der Waals surface area contributed by atoms with Gasteiger partial charge in [-0.3, -0.25) is 9.69 Å². The zero-order valence-electron chi connectivity index (χ0n) is 10.7. The number of nitrogens with zero attached hydrogens (tertiary/aromatic N) is 2. The van der Waals surface area contributed by atoms with Crippen LogP contribution in [0, 0.1) is 0 Å². The second kappa shape index (κ2) is 6.20. The van der Waals surface area contributed by atoms with Crippen LogP contribution in [-0.4, -0.2) is 74.4 Å². The summed E-state index contributed by atoms with van der Waals surface area (Å²) in [6.45, 7) is 1.69. The average molecular weight is 283 g/mol. The first-order valence-electron chi connectivity index (χ1n) is 5.67. The molecule has 0 aromatic rings. The fourth-order valence-corrected chi connectivity index (χ4v) is 1.59. The van der Waals surface area contributed by atoms with Gasteiger partial charge in [-0.15, -0.1) is 0 Å². The molecule has 1 unspecified atom stereocenters. The Labute approximate surface area is 108 Å². The van der Waals surface area contributed by atoms with Gasteiger partial charge < -0.3 is 15.0 Å². The summed E-state index contributed by atoms with van der Waals surface area (Å²) in [4.78, 5) is 25.2. The van der Waals surface area contributed by atoms with Gasteiger partial charge in [0.1, 0.15) is 0 Å². The van der Waals surface area contributed by atoms with Crippen LogP contribution in [0.3, 0.4) is 0 Å². The van der Waals surface area contributed by atoms with Gasteiger partial charge >= 0.3 is 12.1 Å². The van der Waals surface area contributed by atoms with Crippen LogP contribution >= 0.6 is 0 Å². The average Bonchev–Trinajstić information content (AvgIpc) is 2.34.